The highest BCUT2D eigenvalue weighted by Gasteiger charge is 2.19. The van der Waals surface area contributed by atoms with Crippen LogP contribution in [0.15, 0.2) is 122 Å². The highest BCUT2D eigenvalue weighted by molar-refractivity contribution is 5.71. The van der Waals surface area contributed by atoms with Crippen LogP contribution in [0.5, 0.6) is 0 Å². The van der Waals surface area contributed by atoms with Gasteiger partial charge in [-0.05, 0) is 116 Å². The molecule has 0 saturated heterocycles. The molecular formula is C60H96O6. The second kappa shape index (κ2) is 53.4. The first-order chi connectivity index (χ1) is 32.5. The van der Waals surface area contributed by atoms with Crippen molar-refractivity contribution >= 4 is 17.9 Å². The van der Waals surface area contributed by atoms with E-state index in [1.165, 1.54) is 51.4 Å². The Morgan fingerprint density at radius 1 is 0.318 bits per heavy atom. The molecule has 0 radical (unpaired) electrons. The number of carbonyl (C=O) groups excluding carboxylic acids is 3. The summed E-state index contributed by atoms with van der Waals surface area (Å²) < 4.78 is 16.7. The van der Waals surface area contributed by atoms with Crippen LogP contribution in [0.2, 0.25) is 0 Å². The Bertz CT molecular complexity index is 1420. The minimum Gasteiger partial charge on any atom is -0.462 e. The molecule has 0 aromatic carbocycles. The monoisotopic (exact) mass is 913 g/mol. The van der Waals surface area contributed by atoms with Gasteiger partial charge in [-0.1, -0.05) is 206 Å². The van der Waals surface area contributed by atoms with Crippen molar-refractivity contribution in [1.82, 2.24) is 0 Å². The van der Waals surface area contributed by atoms with Crippen molar-refractivity contribution in [3.8, 4) is 0 Å². The van der Waals surface area contributed by atoms with E-state index in [1.54, 1.807) is 0 Å². The number of hydrogen-bond acceptors (Lipinski definition) is 6. The molecule has 6 nitrogen and oxygen atoms in total. The number of allylic oxidation sites excluding steroid dienone is 20. The zero-order valence-electron chi connectivity index (χ0n) is 42.4. The molecule has 0 rings (SSSR count). The lowest BCUT2D eigenvalue weighted by atomic mass is 10.1. The zero-order chi connectivity index (χ0) is 47.9. The lowest BCUT2D eigenvalue weighted by Gasteiger charge is -2.18. The predicted octanol–water partition coefficient (Wildman–Crippen LogP) is 17.7. The second-order valence-corrected chi connectivity index (χ2v) is 17.0. The Kier molecular flexibility index (Phi) is 50.0. The molecule has 0 spiro atoms. The summed E-state index contributed by atoms with van der Waals surface area (Å²) in [6.45, 7) is 6.30. The highest BCUT2D eigenvalue weighted by Crippen LogP contribution is 2.12. The normalized spacial score (nSPS) is 13.1. The van der Waals surface area contributed by atoms with E-state index in [4.69, 9.17) is 14.2 Å². The lowest BCUT2D eigenvalue weighted by molar-refractivity contribution is -0.166. The van der Waals surface area contributed by atoms with Crippen LogP contribution < -0.4 is 0 Å². The van der Waals surface area contributed by atoms with Gasteiger partial charge in [-0.3, -0.25) is 14.4 Å². The van der Waals surface area contributed by atoms with Crippen molar-refractivity contribution < 1.29 is 28.6 Å². The zero-order valence-corrected chi connectivity index (χ0v) is 42.4. The van der Waals surface area contributed by atoms with Gasteiger partial charge in [-0.15, -0.1) is 0 Å². The van der Waals surface area contributed by atoms with Crippen molar-refractivity contribution in [2.24, 2.45) is 0 Å². The molecule has 0 aliphatic carbocycles. The standard InChI is InChI=1S/C60H96O6/c1-4-7-10-13-16-19-22-25-27-29-30-31-33-35-38-41-44-47-50-53-59(62)65-56-57(55-64-58(61)52-49-46-43-40-37-34-24-21-18-15-12-9-6-3)66-60(63)54-51-48-45-42-39-36-32-28-26-23-20-17-14-11-8-5-2/h7-8,10-11,16-17,19-20,25-28,30-31,34-35,37-38,43,46,57H,4-6,9,12-15,18,21-24,29,32-33,36,39-42,44-45,47-56H2,1-3H3/b10-7+,11-8+,19-16+,20-17+,27-25+,28-26+,31-30+,37-34+,38-35+,46-43+. The van der Waals surface area contributed by atoms with E-state index in [-0.39, 0.29) is 37.5 Å². The van der Waals surface area contributed by atoms with Crippen LogP contribution in [0.1, 0.15) is 220 Å². The van der Waals surface area contributed by atoms with Crippen LogP contribution >= 0.6 is 0 Å². The number of carbonyl (C=O) groups is 3. The molecule has 0 bridgehead atoms. The van der Waals surface area contributed by atoms with E-state index in [2.05, 4.69) is 136 Å². The molecule has 0 heterocycles. The maximum Gasteiger partial charge on any atom is 0.306 e. The number of ether oxygens (including phenoxy) is 3. The van der Waals surface area contributed by atoms with Crippen LogP contribution in [0.4, 0.5) is 0 Å². The summed E-state index contributed by atoms with van der Waals surface area (Å²) in [7, 11) is 0. The van der Waals surface area contributed by atoms with Crippen LogP contribution in [-0.4, -0.2) is 37.2 Å². The Labute approximate surface area is 405 Å². The Morgan fingerprint density at radius 2 is 0.621 bits per heavy atom. The summed E-state index contributed by atoms with van der Waals surface area (Å²) in [4.78, 5) is 38.0. The van der Waals surface area contributed by atoms with Gasteiger partial charge in [0.25, 0.3) is 0 Å². The smallest absolute Gasteiger partial charge is 0.306 e. The molecule has 0 N–H and O–H groups in total. The number of rotatable bonds is 46. The van der Waals surface area contributed by atoms with Gasteiger partial charge in [-0.25, -0.2) is 0 Å². The minimum absolute atomic E-state index is 0.121. The topological polar surface area (TPSA) is 78.9 Å². The maximum atomic E-state index is 12.8. The minimum atomic E-state index is -0.825. The van der Waals surface area contributed by atoms with Crippen molar-refractivity contribution in [1.29, 1.82) is 0 Å². The summed E-state index contributed by atoms with van der Waals surface area (Å²) in [5.74, 6) is -1.04. The third kappa shape index (κ3) is 50.8. The van der Waals surface area contributed by atoms with Gasteiger partial charge in [0, 0.05) is 19.3 Å². The van der Waals surface area contributed by atoms with Crippen molar-refractivity contribution in [2.75, 3.05) is 13.2 Å². The van der Waals surface area contributed by atoms with Gasteiger partial charge in [-0.2, -0.15) is 0 Å². The second-order valence-electron chi connectivity index (χ2n) is 17.0. The van der Waals surface area contributed by atoms with Gasteiger partial charge in [0.1, 0.15) is 13.2 Å². The SMILES string of the molecule is CC/C=C/C/C=C/C/C=C/C/C=C/C/C=C/CCCCCC(=O)OCC(COC(=O)CC/C=C/C/C=C/CCCCCCCC)OC(=O)CCCCCCCC/C=C/C/C=C/C/C=C/CC. The van der Waals surface area contributed by atoms with Crippen molar-refractivity contribution in [2.45, 2.75) is 226 Å². The number of esters is 3. The first-order valence-corrected chi connectivity index (χ1v) is 26.5. The third-order valence-electron chi connectivity index (χ3n) is 10.7. The first kappa shape index (κ1) is 61.8. The Balaban J connectivity index is 4.54. The van der Waals surface area contributed by atoms with Crippen LogP contribution in [0, 0.1) is 0 Å². The first-order valence-electron chi connectivity index (χ1n) is 26.5. The number of hydrogen-bond donors (Lipinski definition) is 0. The Hall–Kier alpha value is -4.19. The highest BCUT2D eigenvalue weighted by atomic mass is 16.6. The van der Waals surface area contributed by atoms with E-state index in [9.17, 15) is 14.4 Å². The van der Waals surface area contributed by atoms with Gasteiger partial charge in [0.15, 0.2) is 6.10 Å². The largest absolute Gasteiger partial charge is 0.462 e. The lowest BCUT2D eigenvalue weighted by Crippen LogP contribution is -2.30. The van der Waals surface area contributed by atoms with E-state index < -0.39 is 6.10 Å². The molecular weight excluding hydrogens is 817 g/mol. The molecule has 66 heavy (non-hydrogen) atoms. The predicted molar refractivity (Wildman–Crippen MR) is 283 cm³/mol. The van der Waals surface area contributed by atoms with Gasteiger partial charge >= 0.3 is 17.9 Å². The molecule has 372 valence electrons. The molecule has 0 aromatic heterocycles. The quantitative estimate of drug-likeness (QED) is 0.0262. The molecule has 0 amide bonds. The summed E-state index contributed by atoms with van der Waals surface area (Å²) in [5, 5.41) is 0. The molecule has 0 aliphatic rings. The average molecular weight is 913 g/mol. The molecule has 6 heteroatoms. The third-order valence-corrected chi connectivity index (χ3v) is 10.7. The van der Waals surface area contributed by atoms with Crippen LogP contribution in [0.3, 0.4) is 0 Å². The molecule has 0 aliphatic heterocycles. The molecule has 0 fully saturated rings. The van der Waals surface area contributed by atoms with E-state index in [1.807, 2.05) is 6.08 Å². The van der Waals surface area contributed by atoms with Gasteiger partial charge in [0.2, 0.25) is 0 Å². The molecule has 0 saturated carbocycles. The van der Waals surface area contributed by atoms with E-state index in [0.29, 0.717) is 19.3 Å². The number of unbranched alkanes of at least 4 members (excludes halogenated alkanes) is 15. The average Bonchev–Trinajstić information content (AvgIpc) is 3.31. The summed E-state index contributed by atoms with van der Waals surface area (Å²) in [6.07, 6.45) is 73.4. The van der Waals surface area contributed by atoms with E-state index >= 15 is 0 Å². The fraction of sp³-hybridized carbons (Fsp3) is 0.617. The fourth-order valence-corrected chi connectivity index (χ4v) is 6.77. The van der Waals surface area contributed by atoms with Crippen molar-refractivity contribution in [3.63, 3.8) is 0 Å². The van der Waals surface area contributed by atoms with Crippen LogP contribution in [-0.2, 0) is 28.6 Å². The van der Waals surface area contributed by atoms with Gasteiger partial charge in [0.05, 0.1) is 0 Å². The Morgan fingerprint density at radius 3 is 1.03 bits per heavy atom. The van der Waals surface area contributed by atoms with Crippen molar-refractivity contribution in [3.05, 3.63) is 122 Å². The summed E-state index contributed by atoms with van der Waals surface area (Å²) in [6, 6.07) is 0. The summed E-state index contributed by atoms with van der Waals surface area (Å²) >= 11 is 0. The summed E-state index contributed by atoms with van der Waals surface area (Å²) in [5.41, 5.74) is 0. The molecule has 0 aromatic rings. The molecule has 1 atom stereocenters. The van der Waals surface area contributed by atoms with E-state index in [0.717, 1.165) is 122 Å². The van der Waals surface area contributed by atoms with Gasteiger partial charge < -0.3 is 14.2 Å². The maximum absolute atomic E-state index is 12.8. The molecule has 1 unspecified atom stereocenters. The van der Waals surface area contributed by atoms with Crippen LogP contribution in [0.25, 0.3) is 0 Å². The fourth-order valence-electron chi connectivity index (χ4n) is 6.77.